The van der Waals surface area contributed by atoms with Crippen LogP contribution in [0.1, 0.15) is 30.5 Å². The zero-order valence-electron chi connectivity index (χ0n) is 8.36. The summed E-state index contributed by atoms with van der Waals surface area (Å²) in [5.74, 6) is 1.56. The fourth-order valence-corrected chi connectivity index (χ4v) is 1.87. The summed E-state index contributed by atoms with van der Waals surface area (Å²) in [5.41, 5.74) is 7.12. The number of piperidine rings is 1. The zero-order valence-corrected chi connectivity index (χ0v) is 8.36. The molecule has 1 aliphatic rings. The molecule has 1 aliphatic heterocycles. The molecule has 5 heteroatoms. The maximum atomic E-state index is 7.12. The summed E-state index contributed by atoms with van der Waals surface area (Å²) in [7, 11) is 2.11. The van der Waals surface area contributed by atoms with Gasteiger partial charge in [-0.1, -0.05) is 5.16 Å². The van der Waals surface area contributed by atoms with Crippen molar-refractivity contribution in [2.24, 2.45) is 0 Å². The van der Waals surface area contributed by atoms with Gasteiger partial charge in [0.2, 0.25) is 5.89 Å². The first-order valence-corrected chi connectivity index (χ1v) is 4.95. The average Bonchev–Trinajstić information content (AvgIpc) is 2.66. The molecule has 77 valence electrons. The molecule has 0 aliphatic carbocycles. The Morgan fingerprint density at radius 2 is 2.50 bits per heavy atom. The van der Waals surface area contributed by atoms with Crippen molar-refractivity contribution in [2.45, 2.75) is 25.3 Å². The lowest BCUT2D eigenvalue weighted by molar-refractivity contribution is 0.220. The Balaban J connectivity index is 2.06. The van der Waals surface area contributed by atoms with Crippen molar-refractivity contribution >= 4 is 0 Å². The van der Waals surface area contributed by atoms with E-state index in [0.29, 0.717) is 17.6 Å². The second-order valence-electron chi connectivity index (χ2n) is 3.83. The number of rotatable bonds is 2. The number of nitrogens with one attached hydrogen (secondary N) is 1. The third-order valence-corrected chi connectivity index (χ3v) is 2.62. The molecule has 2 heterocycles. The molecular weight excluding hydrogens is 180 g/mol. The molecule has 0 aromatic carbocycles. The minimum Gasteiger partial charge on any atom is -0.339 e. The van der Waals surface area contributed by atoms with Crippen LogP contribution in [-0.2, 0) is 6.54 Å². The molecular formula is C9H15N4O. The van der Waals surface area contributed by atoms with Crippen LogP contribution in [0.4, 0.5) is 0 Å². The summed E-state index contributed by atoms with van der Waals surface area (Å²) in [6, 6.07) is 0. The Kier molecular flexibility index (Phi) is 2.79. The van der Waals surface area contributed by atoms with Crippen LogP contribution >= 0.6 is 0 Å². The van der Waals surface area contributed by atoms with Crippen LogP contribution in [0.15, 0.2) is 4.52 Å². The summed E-state index contributed by atoms with van der Waals surface area (Å²) in [6.07, 6.45) is 2.30. The van der Waals surface area contributed by atoms with Gasteiger partial charge in [0.25, 0.3) is 0 Å². The average molecular weight is 195 g/mol. The Morgan fingerprint density at radius 1 is 1.64 bits per heavy atom. The van der Waals surface area contributed by atoms with Crippen molar-refractivity contribution in [1.82, 2.24) is 20.8 Å². The van der Waals surface area contributed by atoms with Crippen LogP contribution in [-0.4, -0.2) is 35.2 Å². The molecule has 1 aromatic rings. The summed E-state index contributed by atoms with van der Waals surface area (Å²) in [4.78, 5) is 6.47. The molecule has 2 rings (SSSR count). The van der Waals surface area contributed by atoms with Gasteiger partial charge in [0.15, 0.2) is 5.82 Å². The first-order chi connectivity index (χ1) is 6.79. The van der Waals surface area contributed by atoms with Gasteiger partial charge in [-0.15, -0.1) is 0 Å². The Bertz CT molecular complexity index is 299. The quantitative estimate of drug-likeness (QED) is 0.695. The summed E-state index contributed by atoms with van der Waals surface area (Å²) in [6.45, 7) is 2.24. The Labute approximate surface area is 83.3 Å². The fourth-order valence-electron chi connectivity index (χ4n) is 1.87. The van der Waals surface area contributed by atoms with E-state index in [9.17, 15) is 0 Å². The topological polar surface area (TPSA) is 66.0 Å². The van der Waals surface area contributed by atoms with E-state index < -0.39 is 0 Å². The van der Waals surface area contributed by atoms with E-state index in [-0.39, 0.29) is 6.54 Å². The van der Waals surface area contributed by atoms with Gasteiger partial charge in [0, 0.05) is 6.54 Å². The lowest BCUT2D eigenvalue weighted by atomic mass is 9.98. The molecule has 14 heavy (non-hydrogen) atoms. The lowest BCUT2D eigenvalue weighted by Gasteiger charge is -2.27. The van der Waals surface area contributed by atoms with Gasteiger partial charge >= 0.3 is 0 Å². The predicted molar refractivity (Wildman–Crippen MR) is 50.6 cm³/mol. The molecule has 0 bridgehead atoms. The molecule has 5 nitrogen and oxygen atoms in total. The third-order valence-electron chi connectivity index (χ3n) is 2.62. The standard InChI is InChI=1S/C9H15N4O/c1-13-4-2-3-7(6-13)9-11-8(5-10)12-14-9/h7,10H,2-6H2,1H3. The summed E-state index contributed by atoms with van der Waals surface area (Å²) >= 11 is 0. The largest absolute Gasteiger partial charge is 0.339 e. The van der Waals surface area contributed by atoms with Crippen molar-refractivity contribution in [1.29, 1.82) is 0 Å². The van der Waals surface area contributed by atoms with E-state index >= 15 is 0 Å². The van der Waals surface area contributed by atoms with Gasteiger partial charge in [0.05, 0.1) is 12.5 Å². The monoisotopic (exact) mass is 195 g/mol. The lowest BCUT2D eigenvalue weighted by Crippen LogP contribution is -2.30. The van der Waals surface area contributed by atoms with Crippen molar-refractivity contribution in [3.05, 3.63) is 11.7 Å². The molecule has 1 radical (unpaired) electrons. The Hall–Kier alpha value is -0.940. The van der Waals surface area contributed by atoms with E-state index in [1.54, 1.807) is 0 Å². The van der Waals surface area contributed by atoms with Crippen LogP contribution < -0.4 is 5.73 Å². The van der Waals surface area contributed by atoms with Gasteiger partial charge in [-0.2, -0.15) is 4.98 Å². The number of likely N-dealkylation sites (tertiary alicyclic amines) is 1. The number of hydrogen-bond donors (Lipinski definition) is 0. The van der Waals surface area contributed by atoms with Crippen molar-refractivity contribution in [2.75, 3.05) is 20.1 Å². The van der Waals surface area contributed by atoms with E-state index in [0.717, 1.165) is 19.5 Å². The van der Waals surface area contributed by atoms with Crippen molar-refractivity contribution < 1.29 is 4.52 Å². The number of nitrogens with zero attached hydrogens (tertiary/aromatic N) is 3. The van der Waals surface area contributed by atoms with Crippen LogP contribution in [0.25, 0.3) is 0 Å². The number of hydrogen-bond acceptors (Lipinski definition) is 4. The van der Waals surface area contributed by atoms with Crippen molar-refractivity contribution in [3.8, 4) is 0 Å². The molecule has 1 aromatic heterocycles. The van der Waals surface area contributed by atoms with Gasteiger partial charge < -0.3 is 9.42 Å². The molecule has 0 spiro atoms. The van der Waals surface area contributed by atoms with E-state index in [1.807, 2.05) is 0 Å². The molecule has 0 amide bonds. The van der Waals surface area contributed by atoms with Crippen LogP contribution in [0, 0.1) is 0 Å². The molecule has 1 atom stereocenters. The first kappa shape index (κ1) is 9.61. The zero-order chi connectivity index (χ0) is 9.97. The summed E-state index contributed by atoms with van der Waals surface area (Å²) < 4.78 is 5.14. The maximum Gasteiger partial charge on any atom is 0.231 e. The van der Waals surface area contributed by atoms with Crippen molar-refractivity contribution in [3.63, 3.8) is 0 Å². The highest BCUT2D eigenvalue weighted by Crippen LogP contribution is 2.24. The van der Waals surface area contributed by atoms with E-state index in [2.05, 4.69) is 22.1 Å². The van der Waals surface area contributed by atoms with E-state index in [4.69, 9.17) is 10.3 Å². The second kappa shape index (κ2) is 4.06. The normalized spacial score (nSPS) is 24.0. The predicted octanol–water partition coefficient (Wildman–Crippen LogP) is 0.662. The smallest absolute Gasteiger partial charge is 0.231 e. The Morgan fingerprint density at radius 3 is 3.14 bits per heavy atom. The molecule has 1 N–H and O–H groups in total. The van der Waals surface area contributed by atoms with Gasteiger partial charge in [-0.05, 0) is 26.4 Å². The maximum absolute atomic E-state index is 7.12. The second-order valence-corrected chi connectivity index (χ2v) is 3.83. The van der Waals surface area contributed by atoms with Gasteiger partial charge in [-0.25, -0.2) is 5.73 Å². The van der Waals surface area contributed by atoms with Gasteiger partial charge in [-0.3, -0.25) is 0 Å². The fraction of sp³-hybridized carbons (Fsp3) is 0.778. The molecule has 0 saturated carbocycles. The third kappa shape index (κ3) is 1.93. The van der Waals surface area contributed by atoms with Crippen LogP contribution in [0.3, 0.4) is 0 Å². The molecule has 1 fully saturated rings. The highest BCUT2D eigenvalue weighted by Gasteiger charge is 2.23. The molecule has 1 saturated heterocycles. The number of aromatic nitrogens is 2. The van der Waals surface area contributed by atoms with E-state index in [1.165, 1.54) is 6.42 Å². The number of likely N-dealkylation sites (N-methyl/N-ethyl adjacent to an activating group) is 1. The van der Waals surface area contributed by atoms with Crippen LogP contribution in [0.5, 0.6) is 0 Å². The summed E-state index contributed by atoms with van der Waals surface area (Å²) in [5, 5.41) is 3.74. The highest BCUT2D eigenvalue weighted by molar-refractivity contribution is 4.96. The van der Waals surface area contributed by atoms with Crippen LogP contribution in [0.2, 0.25) is 0 Å². The minimum absolute atomic E-state index is 0.103. The minimum atomic E-state index is 0.103. The molecule has 1 unspecified atom stereocenters. The highest BCUT2D eigenvalue weighted by atomic mass is 16.5. The first-order valence-electron chi connectivity index (χ1n) is 4.95. The SMILES string of the molecule is CN1CCCC(c2nc(C[NH])no2)C1. The van der Waals surface area contributed by atoms with Gasteiger partial charge in [0.1, 0.15) is 0 Å².